The SMILES string of the molecule is NC(=O)c1ccccc1OCCOc1ccc(Cl)cc1Cl. The maximum absolute atomic E-state index is 11.2. The van der Waals surface area contributed by atoms with Crippen molar-refractivity contribution in [2.24, 2.45) is 5.73 Å². The van der Waals surface area contributed by atoms with E-state index < -0.39 is 5.91 Å². The lowest BCUT2D eigenvalue weighted by atomic mass is 10.2. The summed E-state index contributed by atoms with van der Waals surface area (Å²) >= 11 is 11.8. The minimum Gasteiger partial charge on any atom is -0.489 e. The number of hydrogen-bond donors (Lipinski definition) is 1. The van der Waals surface area contributed by atoms with Crippen LogP contribution in [-0.2, 0) is 0 Å². The quantitative estimate of drug-likeness (QED) is 0.826. The summed E-state index contributed by atoms with van der Waals surface area (Å²) in [6.45, 7) is 0.525. The van der Waals surface area contributed by atoms with Gasteiger partial charge in [-0.15, -0.1) is 0 Å². The lowest BCUT2D eigenvalue weighted by Crippen LogP contribution is -2.15. The van der Waals surface area contributed by atoms with Crippen LogP contribution in [0.3, 0.4) is 0 Å². The predicted octanol–water partition coefficient (Wildman–Crippen LogP) is 3.55. The molecule has 2 rings (SSSR count). The Bertz CT molecular complexity index is 647. The first kappa shape index (κ1) is 15.5. The van der Waals surface area contributed by atoms with E-state index >= 15 is 0 Å². The molecule has 0 aromatic heterocycles. The van der Waals surface area contributed by atoms with E-state index in [4.69, 9.17) is 38.4 Å². The highest BCUT2D eigenvalue weighted by molar-refractivity contribution is 6.35. The van der Waals surface area contributed by atoms with Crippen LogP contribution in [0.15, 0.2) is 42.5 Å². The second-order valence-electron chi connectivity index (χ2n) is 4.13. The van der Waals surface area contributed by atoms with Gasteiger partial charge in [-0.1, -0.05) is 35.3 Å². The predicted molar refractivity (Wildman–Crippen MR) is 82.4 cm³/mol. The van der Waals surface area contributed by atoms with Crippen LogP contribution < -0.4 is 15.2 Å². The summed E-state index contributed by atoms with van der Waals surface area (Å²) < 4.78 is 11.0. The first-order chi connectivity index (χ1) is 10.1. The van der Waals surface area contributed by atoms with Crippen molar-refractivity contribution in [1.29, 1.82) is 0 Å². The van der Waals surface area contributed by atoms with Crippen molar-refractivity contribution in [2.75, 3.05) is 13.2 Å². The molecule has 0 saturated heterocycles. The van der Waals surface area contributed by atoms with Crippen molar-refractivity contribution in [3.8, 4) is 11.5 Å². The third kappa shape index (κ3) is 4.28. The van der Waals surface area contributed by atoms with E-state index in [-0.39, 0.29) is 13.2 Å². The molecule has 21 heavy (non-hydrogen) atoms. The van der Waals surface area contributed by atoms with Gasteiger partial charge in [-0.3, -0.25) is 4.79 Å². The third-order valence-corrected chi connectivity index (χ3v) is 3.18. The molecule has 0 heterocycles. The number of halogens is 2. The van der Waals surface area contributed by atoms with Crippen LogP contribution in [0.2, 0.25) is 10.0 Å². The Morgan fingerprint density at radius 1 is 1.00 bits per heavy atom. The fourth-order valence-electron chi connectivity index (χ4n) is 1.69. The summed E-state index contributed by atoms with van der Waals surface area (Å²) in [6.07, 6.45) is 0. The van der Waals surface area contributed by atoms with Crippen molar-refractivity contribution in [1.82, 2.24) is 0 Å². The number of benzene rings is 2. The molecule has 0 radical (unpaired) electrons. The number of nitrogens with two attached hydrogens (primary N) is 1. The van der Waals surface area contributed by atoms with E-state index in [1.165, 1.54) is 0 Å². The molecule has 6 heteroatoms. The Balaban J connectivity index is 1.89. The first-order valence-electron chi connectivity index (χ1n) is 6.17. The number of rotatable bonds is 6. The van der Waals surface area contributed by atoms with Gasteiger partial charge in [-0.25, -0.2) is 0 Å². The van der Waals surface area contributed by atoms with Crippen molar-refractivity contribution in [2.45, 2.75) is 0 Å². The Hall–Kier alpha value is -1.91. The highest BCUT2D eigenvalue weighted by atomic mass is 35.5. The van der Waals surface area contributed by atoms with Gasteiger partial charge in [0.15, 0.2) is 0 Å². The van der Waals surface area contributed by atoms with E-state index in [0.717, 1.165) is 0 Å². The number of hydrogen-bond acceptors (Lipinski definition) is 3. The molecular formula is C15H13Cl2NO3. The molecule has 110 valence electrons. The molecule has 0 unspecified atom stereocenters. The zero-order valence-corrected chi connectivity index (χ0v) is 12.5. The molecule has 0 atom stereocenters. The van der Waals surface area contributed by atoms with Gasteiger partial charge in [0.2, 0.25) is 0 Å². The number of amides is 1. The summed E-state index contributed by atoms with van der Waals surface area (Å²) in [6, 6.07) is 11.7. The summed E-state index contributed by atoms with van der Waals surface area (Å²) in [5.41, 5.74) is 5.60. The topological polar surface area (TPSA) is 61.6 Å². The number of carbonyl (C=O) groups is 1. The normalized spacial score (nSPS) is 10.2. The standard InChI is InChI=1S/C15H13Cl2NO3/c16-10-5-6-14(12(17)9-10)21-8-7-20-13-4-2-1-3-11(13)15(18)19/h1-6,9H,7-8H2,(H2,18,19). The Labute approximate surface area is 132 Å². The second kappa shape index (κ2) is 7.20. The molecule has 0 aliphatic carbocycles. The van der Waals surface area contributed by atoms with Crippen molar-refractivity contribution in [3.63, 3.8) is 0 Å². The monoisotopic (exact) mass is 325 g/mol. The fourth-order valence-corrected chi connectivity index (χ4v) is 2.15. The molecule has 0 fully saturated rings. The number of carbonyl (C=O) groups excluding carboxylic acids is 1. The van der Waals surface area contributed by atoms with Crippen LogP contribution in [0.4, 0.5) is 0 Å². The number of para-hydroxylation sites is 1. The minimum absolute atomic E-state index is 0.253. The fraction of sp³-hybridized carbons (Fsp3) is 0.133. The Kier molecular flexibility index (Phi) is 5.31. The van der Waals surface area contributed by atoms with Crippen LogP contribution in [0.25, 0.3) is 0 Å². The second-order valence-corrected chi connectivity index (χ2v) is 4.98. The highest BCUT2D eigenvalue weighted by Gasteiger charge is 2.08. The maximum atomic E-state index is 11.2. The summed E-state index contributed by atoms with van der Waals surface area (Å²) in [7, 11) is 0. The first-order valence-corrected chi connectivity index (χ1v) is 6.93. The Morgan fingerprint density at radius 3 is 2.33 bits per heavy atom. The summed E-state index contributed by atoms with van der Waals surface area (Å²) in [4.78, 5) is 11.2. The molecule has 2 N–H and O–H groups in total. The van der Waals surface area contributed by atoms with Crippen LogP contribution >= 0.6 is 23.2 Å². The number of primary amides is 1. The van der Waals surface area contributed by atoms with Gasteiger partial charge in [0.25, 0.3) is 5.91 Å². The van der Waals surface area contributed by atoms with Gasteiger partial charge in [-0.2, -0.15) is 0 Å². The third-order valence-electron chi connectivity index (χ3n) is 2.64. The van der Waals surface area contributed by atoms with Gasteiger partial charge in [-0.05, 0) is 30.3 Å². The smallest absolute Gasteiger partial charge is 0.252 e. The van der Waals surface area contributed by atoms with Gasteiger partial charge >= 0.3 is 0 Å². The lowest BCUT2D eigenvalue weighted by molar-refractivity contribution is 0.0995. The van der Waals surface area contributed by atoms with Gasteiger partial charge in [0.05, 0.1) is 10.6 Å². The lowest BCUT2D eigenvalue weighted by Gasteiger charge is -2.11. The molecule has 0 aliphatic rings. The van der Waals surface area contributed by atoms with Gasteiger partial charge < -0.3 is 15.2 Å². The molecular weight excluding hydrogens is 313 g/mol. The average molecular weight is 326 g/mol. The van der Waals surface area contributed by atoms with Crippen LogP contribution in [0.1, 0.15) is 10.4 Å². The van der Waals surface area contributed by atoms with Crippen LogP contribution in [-0.4, -0.2) is 19.1 Å². The molecule has 4 nitrogen and oxygen atoms in total. The van der Waals surface area contributed by atoms with Crippen molar-refractivity contribution < 1.29 is 14.3 Å². The van der Waals surface area contributed by atoms with E-state index in [1.807, 2.05) is 0 Å². The molecule has 0 bridgehead atoms. The molecule has 0 saturated carbocycles. The summed E-state index contributed by atoms with van der Waals surface area (Å²) in [5.74, 6) is 0.413. The molecule has 1 amide bonds. The zero-order chi connectivity index (χ0) is 15.2. The van der Waals surface area contributed by atoms with Crippen molar-refractivity contribution >= 4 is 29.1 Å². The molecule has 2 aromatic carbocycles. The van der Waals surface area contributed by atoms with Crippen LogP contribution in [0, 0.1) is 0 Å². The van der Waals surface area contributed by atoms with E-state index in [1.54, 1.807) is 42.5 Å². The minimum atomic E-state index is -0.535. The molecule has 0 aliphatic heterocycles. The molecule has 0 spiro atoms. The summed E-state index contributed by atoms with van der Waals surface area (Å²) in [5, 5.41) is 0.971. The van der Waals surface area contributed by atoms with E-state index in [0.29, 0.717) is 27.1 Å². The van der Waals surface area contributed by atoms with E-state index in [2.05, 4.69) is 0 Å². The average Bonchev–Trinajstić information content (AvgIpc) is 2.45. The largest absolute Gasteiger partial charge is 0.489 e. The molecule has 2 aromatic rings. The van der Waals surface area contributed by atoms with Crippen LogP contribution in [0.5, 0.6) is 11.5 Å². The van der Waals surface area contributed by atoms with Gasteiger partial charge in [0, 0.05) is 5.02 Å². The maximum Gasteiger partial charge on any atom is 0.252 e. The highest BCUT2D eigenvalue weighted by Crippen LogP contribution is 2.27. The van der Waals surface area contributed by atoms with Crippen molar-refractivity contribution in [3.05, 3.63) is 58.1 Å². The van der Waals surface area contributed by atoms with Gasteiger partial charge in [0.1, 0.15) is 24.7 Å². The zero-order valence-electron chi connectivity index (χ0n) is 11.0. The van der Waals surface area contributed by atoms with E-state index in [9.17, 15) is 4.79 Å². The number of ether oxygens (including phenoxy) is 2. The Morgan fingerprint density at radius 2 is 1.67 bits per heavy atom.